The molecule has 5 nitrogen and oxygen atoms in total. The van der Waals surface area contributed by atoms with Gasteiger partial charge in [0.05, 0.1) is 12.2 Å². The normalized spacial score (nSPS) is 14.9. The fourth-order valence-electron chi connectivity index (χ4n) is 2.56. The molecule has 0 aliphatic carbocycles. The van der Waals surface area contributed by atoms with E-state index in [1.54, 1.807) is 18.3 Å². The van der Waals surface area contributed by atoms with Crippen LogP contribution >= 0.6 is 11.3 Å². The zero-order valence-corrected chi connectivity index (χ0v) is 13.9. The lowest BCUT2D eigenvalue weighted by Gasteiger charge is -2.33. The number of anilines is 1. The summed E-state index contributed by atoms with van der Waals surface area (Å²) in [5.74, 6) is 0.246. The number of carbonyl (C=O) groups excluding carboxylic acids is 2. The highest BCUT2D eigenvalue weighted by molar-refractivity contribution is 7.09. The van der Waals surface area contributed by atoms with E-state index in [-0.39, 0.29) is 18.4 Å². The van der Waals surface area contributed by atoms with E-state index in [0.29, 0.717) is 18.0 Å². The van der Waals surface area contributed by atoms with Gasteiger partial charge in [-0.25, -0.2) is 0 Å². The molecule has 0 saturated heterocycles. The van der Waals surface area contributed by atoms with E-state index in [1.165, 1.54) is 4.90 Å². The van der Waals surface area contributed by atoms with Gasteiger partial charge in [0.15, 0.2) is 6.61 Å². The Labute approximate surface area is 138 Å². The second-order valence-corrected chi connectivity index (χ2v) is 6.53. The minimum atomic E-state index is -0.591. The average Bonchev–Trinajstić information content (AvgIpc) is 3.05. The van der Waals surface area contributed by atoms with Crippen molar-refractivity contribution in [1.82, 2.24) is 5.32 Å². The standard InChI is InChI=1S/C17H18N2O3S/c1-11-5-6-15-14(8-11)19(16(20)10-22-15)12(2)17(21)18-9-13-4-3-7-23-13/h3-8,12H,9-10H2,1-2H3,(H,18,21)/t12-/m0/s1. The molecule has 0 spiro atoms. The minimum absolute atomic E-state index is 0.0431. The van der Waals surface area contributed by atoms with Crippen molar-refractivity contribution in [2.24, 2.45) is 0 Å². The summed E-state index contributed by atoms with van der Waals surface area (Å²) < 4.78 is 5.45. The maximum absolute atomic E-state index is 12.4. The molecule has 1 N–H and O–H groups in total. The maximum Gasteiger partial charge on any atom is 0.265 e. The Balaban J connectivity index is 1.78. The number of nitrogens with zero attached hydrogens (tertiary/aromatic N) is 1. The molecule has 1 aliphatic rings. The molecule has 6 heteroatoms. The lowest BCUT2D eigenvalue weighted by Crippen LogP contribution is -2.51. The number of aryl methyl sites for hydroxylation is 1. The van der Waals surface area contributed by atoms with Gasteiger partial charge in [-0.1, -0.05) is 12.1 Å². The van der Waals surface area contributed by atoms with Gasteiger partial charge in [-0.2, -0.15) is 0 Å². The van der Waals surface area contributed by atoms with Crippen LogP contribution in [0.1, 0.15) is 17.4 Å². The molecule has 2 aromatic rings. The molecule has 0 unspecified atom stereocenters. The maximum atomic E-state index is 12.4. The van der Waals surface area contributed by atoms with Crippen molar-refractivity contribution in [2.75, 3.05) is 11.5 Å². The van der Waals surface area contributed by atoms with Crippen LogP contribution in [0.25, 0.3) is 0 Å². The molecule has 2 heterocycles. The van der Waals surface area contributed by atoms with E-state index in [2.05, 4.69) is 5.32 Å². The summed E-state index contributed by atoms with van der Waals surface area (Å²) in [6.45, 7) is 4.11. The molecular weight excluding hydrogens is 312 g/mol. The number of benzene rings is 1. The smallest absolute Gasteiger partial charge is 0.265 e. The van der Waals surface area contributed by atoms with E-state index in [1.807, 2.05) is 42.6 Å². The van der Waals surface area contributed by atoms with Gasteiger partial charge in [0.25, 0.3) is 5.91 Å². The highest BCUT2D eigenvalue weighted by atomic mass is 32.1. The molecule has 23 heavy (non-hydrogen) atoms. The molecule has 0 bridgehead atoms. The fraction of sp³-hybridized carbons (Fsp3) is 0.294. The first-order valence-electron chi connectivity index (χ1n) is 7.42. The Hall–Kier alpha value is -2.34. The monoisotopic (exact) mass is 330 g/mol. The molecule has 120 valence electrons. The zero-order valence-electron chi connectivity index (χ0n) is 13.0. The second-order valence-electron chi connectivity index (χ2n) is 5.50. The number of hydrogen-bond acceptors (Lipinski definition) is 4. The third kappa shape index (κ3) is 3.22. The summed E-state index contributed by atoms with van der Waals surface area (Å²) in [6, 6.07) is 8.95. The third-order valence-corrected chi connectivity index (χ3v) is 4.65. The van der Waals surface area contributed by atoms with Crippen molar-refractivity contribution in [3.8, 4) is 5.75 Å². The Morgan fingerprint density at radius 2 is 2.26 bits per heavy atom. The van der Waals surface area contributed by atoms with E-state index in [0.717, 1.165) is 10.4 Å². The Bertz CT molecular complexity index is 727. The number of carbonyl (C=O) groups is 2. The second kappa shape index (κ2) is 6.42. The highest BCUT2D eigenvalue weighted by Gasteiger charge is 2.33. The molecule has 0 fully saturated rings. The molecule has 2 amide bonds. The summed E-state index contributed by atoms with van der Waals surface area (Å²) in [5, 5.41) is 4.85. The van der Waals surface area contributed by atoms with Crippen molar-refractivity contribution in [2.45, 2.75) is 26.4 Å². The molecular formula is C17H18N2O3S. The van der Waals surface area contributed by atoms with Gasteiger partial charge < -0.3 is 10.1 Å². The summed E-state index contributed by atoms with van der Waals surface area (Å²) in [4.78, 5) is 27.3. The summed E-state index contributed by atoms with van der Waals surface area (Å²) in [5.41, 5.74) is 1.67. The van der Waals surface area contributed by atoms with Crippen LogP contribution in [0.4, 0.5) is 5.69 Å². The molecule has 1 aromatic carbocycles. The summed E-state index contributed by atoms with van der Waals surface area (Å²) in [7, 11) is 0. The fourth-order valence-corrected chi connectivity index (χ4v) is 3.20. The topological polar surface area (TPSA) is 58.6 Å². The van der Waals surface area contributed by atoms with Crippen molar-refractivity contribution in [3.05, 3.63) is 46.2 Å². The Kier molecular flexibility index (Phi) is 4.34. The van der Waals surface area contributed by atoms with E-state index in [4.69, 9.17) is 4.74 Å². The summed E-state index contributed by atoms with van der Waals surface area (Å²) in [6.07, 6.45) is 0. The van der Waals surface area contributed by atoms with Crippen LogP contribution in [0.2, 0.25) is 0 Å². The van der Waals surface area contributed by atoms with E-state index in [9.17, 15) is 9.59 Å². The van der Waals surface area contributed by atoms with Crippen LogP contribution < -0.4 is 15.0 Å². The van der Waals surface area contributed by atoms with Crippen molar-refractivity contribution in [3.63, 3.8) is 0 Å². The van der Waals surface area contributed by atoms with Crippen LogP contribution in [0.3, 0.4) is 0 Å². The Morgan fingerprint density at radius 3 is 3.00 bits per heavy atom. The highest BCUT2D eigenvalue weighted by Crippen LogP contribution is 2.34. The SMILES string of the molecule is Cc1ccc2c(c1)N([C@@H](C)C(=O)NCc1cccs1)C(=O)CO2. The zero-order chi connectivity index (χ0) is 16.4. The van der Waals surface area contributed by atoms with Gasteiger partial charge in [-0.3, -0.25) is 14.5 Å². The largest absolute Gasteiger partial charge is 0.482 e. The number of hydrogen-bond donors (Lipinski definition) is 1. The number of ether oxygens (including phenoxy) is 1. The van der Waals surface area contributed by atoms with Gasteiger partial charge in [0, 0.05) is 4.88 Å². The van der Waals surface area contributed by atoms with Gasteiger partial charge in [-0.05, 0) is 43.0 Å². The number of rotatable bonds is 4. The predicted molar refractivity (Wildman–Crippen MR) is 89.8 cm³/mol. The summed E-state index contributed by atoms with van der Waals surface area (Å²) >= 11 is 1.59. The molecule has 0 radical (unpaired) electrons. The first-order chi connectivity index (χ1) is 11.1. The van der Waals surface area contributed by atoms with Crippen LogP contribution in [-0.4, -0.2) is 24.5 Å². The quantitative estimate of drug-likeness (QED) is 0.937. The average molecular weight is 330 g/mol. The first-order valence-corrected chi connectivity index (χ1v) is 8.30. The lowest BCUT2D eigenvalue weighted by molar-refractivity contribution is -0.127. The van der Waals surface area contributed by atoms with Crippen molar-refractivity contribution < 1.29 is 14.3 Å². The number of nitrogens with one attached hydrogen (secondary N) is 1. The van der Waals surface area contributed by atoms with Crippen molar-refractivity contribution in [1.29, 1.82) is 0 Å². The van der Waals surface area contributed by atoms with Gasteiger partial charge in [-0.15, -0.1) is 11.3 Å². The van der Waals surface area contributed by atoms with Crippen LogP contribution in [-0.2, 0) is 16.1 Å². The first kappa shape index (κ1) is 15.6. The number of fused-ring (bicyclic) bond motifs is 1. The van der Waals surface area contributed by atoms with Crippen LogP contribution in [0, 0.1) is 6.92 Å². The van der Waals surface area contributed by atoms with Crippen molar-refractivity contribution >= 4 is 28.8 Å². The van der Waals surface area contributed by atoms with E-state index >= 15 is 0 Å². The lowest BCUT2D eigenvalue weighted by atomic mass is 10.1. The molecule has 0 saturated carbocycles. The third-order valence-electron chi connectivity index (χ3n) is 3.78. The number of thiophene rings is 1. The molecule has 1 aromatic heterocycles. The minimum Gasteiger partial charge on any atom is -0.482 e. The van der Waals surface area contributed by atoms with Gasteiger partial charge in [0.2, 0.25) is 5.91 Å². The molecule has 1 aliphatic heterocycles. The van der Waals surface area contributed by atoms with E-state index < -0.39 is 6.04 Å². The molecule has 1 atom stereocenters. The van der Waals surface area contributed by atoms with Crippen LogP contribution in [0.15, 0.2) is 35.7 Å². The Morgan fingerprint density at radius 1 is 1.43 bits per heavy atom. The number of amides is 2. The molecule has 3 rings (SSSR count). The van der Waals surface area contributed by atoms with Gasteiger partial charge >= 0.3 is 0 Å². The van der Waals surface area contributed by atoms with Gasteiger partial charge in [0.1, 0.15) is 11.8 Å². The predicted octanol–water partition coefficient (Wildman–Crippen LogP) is 2.49. The van der Waals surface area contributed by atoms with Crippen LogP contribution in [0.5, 0.6) is 5.75 Å².